The molecule has 1 N–H and O–H groups in total. The minimum Gasteiger partial charge on any atom is -0.493 e. The Morgan fingerprint density at radius 2 is 1.96 bits per heavy atom. The van der Waals surface area contributed by atoms with Gasteiger partial charge in [0.2, 0.25) is 5.91 Å². The van der Waals surface area contributed by atoms with Crippen LogP contribution in [-0.4, -0.2) is 29.7 Å². The van der Waals surface area contributed by atoms with Crippen molar-refractivity contribution in [2.75, 3.05) is 14.2 Å². The Bertz CT molecular complexity index is 1060. The molecule has 0 aliphatic carbocycles. The molecule has 0 aliphatic heterocycles. The highest BCUT2D eigenvalue weighted by Gasteiger charge is 2.14. The summed E-state index contributed by atoms with van der Waals surface area (Å²) in [6, 6.07) is 5.43. The van der Waals surface area contributed by atoms with Crippen molar-refractivity contribution in [3.63, 3.8) is 0 Å². The maximum absolute atomic E-state index is 12.6. The fourth-order valence-corrected chi connectivity index (χ4v) is 3.77. The zero-order valence-corrected chi connectivity index (χ0v) is 16.5. The van der Waals surface area contributed by atoms with E-state index in [9.17, 15) is 9.59 Å². The number of amides is 1. The molecule has 142 valence electrons. The van der Waals surface area contributed by atoms with Crippen LogP contribution in [0.5, 0.6) is 11.5 Å². The Hall–Kier alpha value is -2.87. The third-order valence-corrected chi connectivity index (χ3v) is 5.52. The first-order valence-electron chi connectivity index (χ1n) is 8.37. The molecule has 7 nitrogen and oxygen atoms in total. The summed E-state index contributed by atoms with van der Waals surface area (Å²) in [7, 11) is 3.13. The van der Waals surface area contributed by atoms with Crippen molar-refractivity contribution in [2.45, 2.75) is 26.9 Å². The van der Waals surface area contributed by atoms with Gasteiger partial charge in [-0.25, -0.2) is 4.98 Å². The minimum absolute atomic E-state index is 0.0800. The fourth-order valence-electron chi connectivity index (χ4n) is 2.78. The number of carbonyl (C=O) groups excluding carboxylic acids is 1. The molecular formula is C19H21N3O4S. The van der Waals surface area contributed by atoms with Gasteiger partial charge >= 0.3 is 0 Å². The second-order valence-electron chi connectivity index (χ2n) is 6.11. The fraction of sp³-hybridized carbons (Fsp3) is 0.316. The van der Waals surface area contributed by atoms with Crippen LogP contribution < -0.4 is 20.3 Å². The quantitative estimate of drug-likeness (QED) is 0.702. The number of nitrogens with one attached hydrogen (secondary N) is 1. The summed E-state index contributed by atoms with van der Waals surface area (Å²) in [5.41, 5.74) is 1.60. The van der Waals surface area contributed by atoms with Gasteiger partial charge in [0.25, 0.3) is 5.56 Å². The molecule has 1 amide bonds. The third kappa shape index (κ3) is 3.80. The molecule has 0 fully saturated rings. The lowest BCUT2D eigenvalue weighted by atomic mass is 10.2. The number of fused-ring (bicyclic) bond motifs is 1. The van der Waals surface area contributed by atoms with Gasteiger partial charge in [0.05, 0.1) is 25.9 Å². The number of thiophene rings is 1. The Morgan fingerprint density at radius 3 is 2.67 bits per heavy atom. The highest BCUT2D eigenvalue weighted by atomic mass is 32.1. The molecule has 0 bridgehead atoms. The molecule has 3 rings (SSSR count). The second kappa shape index (κ2) is 7.79. The number of nitrogens with zero attached hydrogens (tertiary/aromatic N) is 2. The summed E-state index contributed by atoms with van der Waals surface area (Å²) in [5, 5.41) is 3.40. The van der Waals surface area contributed by atoms with Gasteiger partial charge in [0.1, 0.15) is 11.4 Å². The zero-order valence-electron chi connectivity index (χ0n) is 15.7. The van der Waals surface area contributed by atoms with Gasteiger partial charge in [-0.15, -0.1) is 11.3 Å². The lowest BCUT2D eigenvalue weighted by Gasteiger charge is -2.11. The van der Waals surface area contributed by atoms with Crippen LogP contribution in [0.25, 0.3) is 10.2 Å². The number of hydrogen-bond acceptors (Lipinski definition) is 6. The van der Waals surface area contributed by atoms with Crippen molar-refractivity contribution in [1.82, 2.24) is 14.9 Å². The first kappa shape index (κ1) is 18.9. The standard InChI is InChI=1S/C19H21N3O4S/c1-11-12(2)27-18-17(11)19(24)22(10-21-18)9-16(23)20-8-13-5-6-14(25-3)15(7-13)26-4/h5-7,10H,8-9H2,1-4H3,(H,20,23). The molecule has 0 unspecified atom stereocenters. The first-order chi connectivity index (χ1) is 12.9. The van der Waals surface area contributed by atoms with Crippen LogP contribution in [0.3, 0.4) is 0 Å². The van der Waals surface area contributed by atoms with Crippen molar-refractivity contribution in [1.29, 1.82) is 0 Å². The summed E-state index contributed by atoms with van der Waals surface area (Å²) >= 11 is 1.49. The summed E-state index contributed by atoms with van der Waals surface area (Å²) in [5.74, 6) is 0.955. The predicted molar refractivity (Wildman–Crippen MR) is 105 cm³/mol. The first-order valence-corrected chi connectivity index (χ1v) is 9.19. The van der Waals surface area contributed by atoms with E-state index in [4.69, 9.17) is 9.47 Å². The molecule has 3 aromatic rings. The van der Waals surface area contributed by atoms with Gasteiger partial charge in [-0.3, -0.25) is 14.2 Å². The van der Waals surface area contributed by atoms with E-state index in [1.165, 1.54) is 22.2 Å². The molecule has 2 heterocycles. The molecule has 27 heavy (non-hydrogen) atoms. The van der Waals surface area contributed by atoms with Crippen molar-refractivity contribution in [3.8, 4) is 11.5 Å². The van der Waals surface area contributed by atoms with E-state index in [0.29, 0.717) is 28.3 Å². The van der Waals surface area contributed by atoms with E-state index >= 15 is 0 Å². The van der Waals surface area contributed by atoms with E-state index in [-0.39, 0.29) is 18.0 Å². The van der Waals surface area contributed by atoms with E-state index in [2.05, 4.69) is 10.3 Å². The largest absolute Gasteiger partial charge is 0.493 e. The molecular weight excluding hydrogens is 366 g/mol. The summed E-state index contributed by atoms with van der Waals surface area (Å²) in [6.07, 6.45) is 1.43. The molecule has 0 aliphatic rings. The van der Waals surface area contributed by atoms with E-state index in [1.54, 1.807) is 26.4 Å². The van der Waals surface area contributed by atoms with Crippen molar-refractivity contribution in [2.24, 2.45) is 0 Å². The minimum atomic E-state index is -0.266. The molecule has 0 saturated heterocycles. The number of methoxy groups -OCH3 is 2. The predicted octanol–water partition coefficient (Wildman–Crippen LogP) is 2.41. The third-order valence-electron chi connectivity index (χ3n) is 4.41. The monoisotopic (exact) mass is 387 g/mol. The molecule has 0 atom stereocenters. The topological polar surface area (TPSA) is 82.5 Å². The van der Waals surface area contributed by atoms with E-state index < -0.39 is 0 Å². The maximum atomic E-state index is 12.6. The van der Waals surface area contributed by atoms with Gasteiger partial charge in [-0.2, -0.15) is 0 Å². The van der Waals surface area contributed by atoms with Crippen molar-refractivity contribution >= 4 is 27.5 Å². The highest BCUT2D eigenvalue weighted by molar-refractivity contribution is 7.18. The van der Waals surface area contributed by atoms with Gasteiger partial charge in [0, 0.05) is 11.4 Å². The van der Waals surface area contributed by atoms with E-state index in [1.807, 2.05) is 19.9 Å². The van der Waals surface area contributed by atoms with Crippen LogP contribution >= 0.6 is 11.3 Å². The number of ether oxygens (including phenoxy) is 2. The Kier molecular flexibility index (Phi) is 5.46. The molecule has 0 saturated carbocycles. The molecule has 0 spiro atoms. The average Bonchev–Trinajstić information content (AvgIpc) is 2.96. The normalized spacial score (nSPS) is 10.8. The van der Waals surface area contributed by atoms with Crippen LogP contribution in [0.2, 0.25) is 0 Å². The molecule has 0 radical (unpaired) electrons. The van der Waals surface area contributed by atoms with Crippen LogP contribution in [-0.2, 0) is 17.9 Å². The smallest absolute Gasteiger partial charge is 0.262 e. The number of hydrogen-bond donors (Lipinski definition) is 1. The Morgan fingerprint density at radius 1 is 1.22 bits per heavy atom. The van der Waals surface area contributed by atoms with Gasteiger partial charge < -0.3 is 14.8 Å². The van der Waals surface area contributed by atoms with Crippen molar-refractivity contribution in [3.05, 3.63) is 50.9 Å². The average molecular weight is 387 g/mol. The highest BCUT2D eigenvalue weighted by Crippen LogP contribution is 2.27. The SMILES string of the molecule is COc1ccc(CNC(=O)Cn2cnc3sc(C)c(C)c3c2=O)cc1OC. The second-order valence-corrected chi connectivity index (χ2v) is 7.31. The van der Waals surface area contributed by atoms with Crippen LogP contribution in [0.4, 0.5) is 0 Å². The summed E-state index contributed by atoms with van der Waals surface area (Å²) in [4.78, 5) is 31.0. The molecule has 1 aromatic carbocycles. The number of aryl methyl sites for hydroxylation is 2. The van der Waals surface area contributed by atoms with Gasteiger partial charge in [-0.05, 0) is 37.1 Å². The molecule has 8 heteroatoms. The van der Waals surface area contributed by atoms with Gasteiger partial charge in [-0.1, -0.05) is 6.07 Å². The Labute approximate surface area is 160 Å². The Balaban J connectivity index is 1.71. The number of aromatic nitrogens is 2. The number of benzene rings is 1. The summed E-state index contributed by atoms with van der Waals surface area (Å²) in [6.45, 7) is 4.10. The van der Waals surface area contributed by atoms with Gasteiger partial charge in [0.15, 0.2) is 11.5 Å². The van der Waals surface area contributed by atoms with Crippen molar-refractivity contribution < 1.29 is 14.3 Å². The van der Waals surface area contributed by atoms with E-state index in [0.717, 1.165) is 16.0 Å². The zero-order chi connectivity index (χ0) is 19.6. The number of carbonyl (C=O) groups is 1. The van der Waals surface area contributed by atoms with Crippen LogP contribution in [0.15, 0.2) is 29.3 Å². The lowest BCUT2D eigenvalue weighted by Crippen LogP contribution is -2.32. The summed E-state index contributed by atoms with van der Waals surface area (Å²) < 4.78 is 11.8. The molecule has 2 aromatic heterocycles. The van der Waals surface area contributed by atoms with Crippen LogP contribution in [0.1, 0.15) is 16.0 Å². The van der Waals surface area contributed by atoms with Crippen LogP contribution in [0, 0.1) is 13.8 Å². The number of rotatable bonds is 6. The lowest BCUT2D eigenvalue weighted by molar-refractivity contribution is -0.121. The maximum Gasteiger partial charge on any atom is 0.262 e.